The molecule has 0 spiro atoms. The van der Waals surface area contributed by atoms with Gasteiger partial charge in [-0.25, -0.2) is 14.9 Å². The van der Waals surface area contributed by atoms with Gasteiger partial charge in [0, 0.05) is 32.7 Å². The Hall–Kier alpha value is -0.516. The summed E-state index contributed by atoms with van der Waals surface area (Å²) in [7, 11) is 0. The van der Waals surface area contributed by atoms with Crippen molar-refractivity contribution in [1.29, 1.82) is 0 Å². The monoisotopic (exact) mass is 519 g/mol. The molecule has 1 aromatic carbocycles. The number of carbonyl (C=O) groups is 1. The Bertz CT molecular complexity index is 673. The van der Waals surface area contributed by atoms with Gasteiger partial charge in [-0.2, -0.15) is 0 Å². The Morgan fingerprint density at radius 2 is 2.25 bits per heavy atom. The average molecular weight is 519 g/mol. The number of benzene rings is 1. The number of terminal acetylenes is 1. The van der Waals surface area contributed by atoms with Crippen molar-refractivity contribution >= 4 is 34.2 Å². The van der Waals surface area contributed by atoms with E-state index in [1.165, 1.54) is 0 Å². The molecule has 0 saturated heterocycles. The van der Waals surface area contributed by atoms with Gasteiger partial charge in [0.2, 0.25) is 5.91 Å². The number of hydrogen-bond acceptors (Lipinski definition) is 2. The van der Waals surface area contributed by atoms with E-state index in [-0.39, 0.29) is 49.1 Å². The van der Waals surface area contributed by atoms with Gasteiger partial charge in [0.1, 0.15) is 12.4 Å². The predicted molar refractivity (Wildman–Crippen MR) is 92.3 cm³/mol. The first-order chi connectivity index (χ1) is 10.9. The maximum atomic E-state index is 12.8. The van der Waals surface area contributed by atoms with Crippen LogP contribution in [0.5, 0.6) is 5.75 Å². The van der Waals surface area contributed by atoms with Crippen LogP contribution in [0.15, 0.2) is 18.2 Å². The van der Waals surface area contributed by atoms with Crippen molar-refractivity contribution in [1.82, 2.24) is 4.90 Å². The average Bonchev–Trinajstić information content (AvgIpc) is 2.50. The van der Waals surface area contributed by atoms with Crippen molar-refractivity contribution in [2.24, 2.45) is 0 Å². The van der Waals surface area contributed by atoms with Crippen LogP contribution in [0, 0.1) is 25.3 Å². The Morgan fingerprint density at radius 3 is 2.83 bits per heavy atom. The summed E-state index contributed by atoms with van der Waals surface area (Å²) in [6, 6.07) is 5.21. The number of ether oxygens (including phenoxy) is 1. The Kier molecular flexibility index (Phi) is 8.82. The molecular weight excluding hydrogens is 504 g/mol. The van der Waals surface area contributed by atoms with Crippen molar-refractivity contribution in [3.8, 4) is 18.1 Å². The molecule has 0 saturated carbocycles. The molecular formula is C17H15F2INO2Y-. The van der Waals surface area contributed by atoms with E-state index in [0.717, 1.165) is 10.5 Å². The second-order valence-electron chi connectivity index (χ2n) is 5.01. The fraction of sp³-hybridized carbons (Fsp3) is 0.353. The third kappa shape index (κ3) is 5.24. The molecule has 0 aliphatic carbocycles. The van der Waals surface area contributed by atoms with Crippen LogP contribution < -0.4 is 4.74 Å². The molecule has 1 unspecified atom stereocenters. The molecule has 2 rings (SSSR count). The normalized spacial score (nSPS) is 17.2. The number of halogens is 3. The predicted octanol–water partition coefficient (Wildman–Crippen LogP) is 3.45. The van der Waals surface area contributed by atoms with Gasteiger partial charge in [-0.05, 0) is 12.1 Å². The second-order valence-corrected chi connectivity index (χ2v) is 6.51. The van der Waals surface area contributed by atoms with Crippen molar-refractivity contribution < 1.29 is 51.0 Å². The third-order valence-corrected chi connectivity index (χ3v) is 4.32. The minimum absolute atomic E-state index is 0. The van der Waals surface area contributed by atoms with Crippen LogP contribution in [0.4, 0.5) is 8.78 Å². The Balaban J connectivity index is 0.00000288. The smallest absolute Gasteiger partial charge is 0.256 e. The van der Waals surface area contributed by atoms with Gasteiger partial charge < -0.3 is 9.64 Å². The minimum Gasteiger partial charge on any atom is -0.481 e. The Labute approximate surface area is 179 Å². The first-order valence-corrected chi connectivity index (χ1v) is 8.20. The zero-order valence-corrected chi connectivity index (χ0v) is 18.1. The zero-order chi connectivity index (χ0) is 17.0. The molecule has 1 amide bonds. The van der Waals surface area contributed by atoms with E-state index in [0.29, 0.717) is 23.4 Å². The first kappa shape index (κ1) is 21.5. The molecule has 0 N–H and O–H groups in total. The van der Waals surface area contributed by atoms with Gasteiger partial charge in [-0.1, -0.05) is 41.9 Å². The van der Waals surface area contributed by atoms with Gasteiger partial charge in [-0.3, -0.25) is 4.79 Å². The number of hydrogen-bond donors (Lipinski definition) is 0. The summed E-state index contributed by atoms with van der Waals surface area (Å²) >= 11 is 1.95. The summed E-state index contributed by atoms with van der Waals surface area (Å²) in [5.74, 6) is 2.66. The molecule has 0 bridgehead atoms. The maximum absolute atomic E-state index is 12.8. The SMILES string of the molecule is C#CCOc1ccc(C2=[C-]CC(I)C(=O)N2CC(F)F)c(C)c1.[Y]. The summed E-state index contributed by atoms with van der Waals surface area (Å²) in [4.78, 5) is 13.4. The van der Waals surface area contributed by atoms with Crippen LogP contribution in [-0.4, -0.2) is 34.3 Å². The van der Waals surface area contributed by atoms with E-state index in [2.05, 4.69) is 12.0 Å². The number of carbonyl (C=O) groups excluding carboxylic acids is 1. The summed E-state index contributed by atoms with van der Waals surface area (Å²) in [5.41, 5.74) is 1.90. The molecule has 0 fully saturated rings. The van der Waals surface area contributed by atoms with E-state index >= 15 is 0 Å². The van der Waals surface area contributed by atoms with Crippen LogP contribution in [0.1, 0.15) is 17.5 Å². The fourth-order valence-corrected chi connectivity index (χ4v) is 2.88. The maximum Gasteiger partial charge on any atom is 0.256 e. The van der Waals surface area contributed by atoms with Crippen LogP contribution in [-0.2, 0) is 37.5 Å². The summed E-state index contributed by atoms with van der Waals surface area (Å²) in [6.45, 7) is 1.35. The number of allylic oxidation sites excluding steroid dienone is 1. The quantitative estimate of drug-likeness (QED) is 0.259. The molecule has 125 valence electrons. The van der Waals surface area contributed by atoms with Crippen molar-refractivity contribution in [2.45, 2.75) is 23.7 Å². The molecule has 0 aromatic heterocycles. The van der Waals surface area contributed by atoms with Crippen molar-refractivity contribution in [3.63, 3.8) is 0 Å². The van der Waals surface area contributed by atoms with Crippen LogP contribution >= 0.6 is 22.6 Å². The molecule has 1 aromatic rings. The number of alkyl halides is 3. The minimum atomic E-state index is -2.60. The molecule has 1 atom stereocenters. The molecule has 7 heteroatoms. The van der Waals surface area contributed by atoms with E-state index < -0.39 is 13.0 Å². The van der Waals surface area contributed by atoms with Gasteiger partial charge >= 0.3 is 0 Å². The van der Waals surface area contributed by atoms with Gasteiger partial charge in [-0.15, -0.1) is 29.3 Å². The third-order valence-electron chi connectivity index (χ3n) is 3.35. The number of amides is 1. The molecule has 1 aliphatic heterocycles. The van der Waals surface area contributed by atoms with Gasteiger partial charge in [0.05, 0.1) is 10.5 Å². The Morgan fingerprint density at radius 1 is 1.54 bits per heavy atom. The summed E-state index contributed by atoms with van der Waals surface area (Å²) in [6.07, 6.45) is 6.04. The van der Waals surface area contributed by atoms with Gasteiger partial charge in [0.25, 0.3) is 6.43 Å². The largest absolute Gasteiger partial charge is 0.481 e. The standard InChI is InChI=1S/C17H15F2INO2.Y/c1-3-8-23-12-4-5-13(11(2)9-12)15-7-6-14(20)17(22)21(15)10-16(18)19;/h1,4-5,9,14,16H,6,8,10H2,2H3;/q-1;. The number of aryl methyl sites for hydroxylation is 1. The van der Waals surface area contributed by atoms with Crippen LogP contribution in [0.2, 0.25) is 0 Å². The van der Waals surface area contributed by atoms with Gasteiger partial charge in [0.15, 0.2) is 0 Å². The van der Waals surface area contributed by atoms with Crippen LogP contribution in [0.3, 0.4) is 0 Å². The van der Waals surface area contributed by atoms with Crippen molar-refractivity contribution in [2.75, 3.05) is 13.2 Å². The number of nitrogens with zero attached hydrogens (tertiary/aromatic N) is 1. The molecule has 24 heavy (non-hydrogen) atoms. The molecule has 1 aliphatic rings. The summed E-state index contributed by atoms with van der Waals surface area (Å²) in [5, 5.41) is 0. The topological polar surface area (TPSA) is 29.5 Å². The first-order valence-electron chi connectivity index (χ1n) is 6.95. The van der Waals surface area contributed by atoms with E-state index in [1.807, 2.05) is 29.5 Å². The fourth-order valence-electron chi connectivity index (χ4n) is 2.32. The number of rotatable bonds is 5. The van der Waals surface area contributed by atoms with Crippen LogP contribution in [0.25, 0.3) is 5.70 Å². The van der Waals surface area contributed by atoms with E-state index in [4.69, 9.17) is 11.2 Å². The zero-order valence-electron chi connectivity index (χ0n) is 13.1. The molecule has 1 radical (unpaired) electrons. The molecule has 1 heterocycles. The van der Waals surface area contributed by atoms with E-state index in [1.54, 1.807) is 18.2 Å². The summed E-state index contributed by atoms with van der Waals surface area (Å²) < 4.78 is 30.6. The van der Waals surface area contributed by atoms with Crippen molar-refractivity contribution in [3.05, 3.63) is 35.4 Å². The second kappa shape index (κ2) is 9.83. The van der Waals surface area contributed by atoms with E-state index in [9.17, 15) is 13.6 Å². The molecule has 3 nitrogen and oxygen atoms in total.